The number of thiocarbonyl (C=S) groups is 1. The van der Waals surface area contributed by atoms with Crippen LogP contribution in [-0.4, -0.2) is 55.3 Å². The van der Waals surface area contributed by atoms with Crippen LogP contribution in [0.4, 0.5) is 5.69 Å². The Morgan fingerprint density at radius 3 is 2.70 bits per heavy atom. The smallest absolute Gasteiger partial charge is 0.107 e. The molecule has 0 aromatic carbocycles. The minimum absolute atomic E-state index is 0.367. The van der Waals surface area contributed by atoms with Gasteiger partial charge in [-0.15, -0.1) is 0 Å². The molecule has 3 N–H and O–H groups in total. The standard InChI is InChI=1S/C14H24N4OS/c1-10-9-12(13(14(15)20)11(2)17-10)16-5-7-19-8-6-18(3)4/h9H,5-8H2,1-4H3,(H2,15,20)(H,16,17). The maximum absolute atomic E-state index is 5.77. The van der Waals surface area contributed by atoms with E-state index >= 15 is 0 Å². The van der Waals surface area contributed by atoms with Crippen LogP contribution in [0.15, 0.2) is 6.07 Å². The zero-order chi connectivity index (χ0) is 15.1. The fraction of sp³-hybridized carbons (Fsp3) is 0.571. The third kappa shape index (κ3) is 5.40. The minimum atomic E-state index is 0.367. The van der Waals surface area contributed by atoms with E-state index in [9.17, 15) is 0 Å². The van der Waals surface area contributed by atoms with E-state index in [4.69, 9.17) is 22.7 Å². The van der Waals surface area contributed by atoms with Crippen molar-refractivity contribution in [3.05, 3.63) is 23.0 Å². The van der Waals surface area contributed by atoms with Crippen molar-refractivity contribution in [3.63, 3.8) is 0 Å². The van der Waals surface area contributed by atoms with Gasteiger partial charge in [-0.2, -0.15) is 0 Å². The van der Waals surface area contributed by atoms with Gasteiger partial charge in [0.15, 0.2) is 0 Å². The number of aryl methyl sites for hydroxylation is 2. The van der Waals surface area contributed by atoms with Gasteiger partial charge in [0.2, 0.25) is 0 Å². The highest BCUT2D eigenvalue weighted by Gasteiger charge is 2.10. The lowest BCUT2D eigenvalue weighted by Gasteiger charge is -2.15. The highest BCUT2D eigenvalue weighted by Crippen LogP contribution is 2.19. The molecule has 1 aromatic rings. The molecule has 0 spiro atoms. The number of nitrogens with zero attached hydrogens (tertiary/aromatic N) is 2. The number of anilines is 1. The molecule has 1 rings (SSSR count). The Kier molecular flexibility index (Phi) is 6.84. The summed E-state index contributed by atoms with van der Waals surface area (Å²) < 4.78 is 5.54. The highest BCUT2D eigenvalue weighted by molar-refractivity contribution is 7.80. The molecule has 112 valence electrons. The molecule has 6 heteroatoms. The number of likely N-dealkylation sites (N-methyl/N-ethyl adjacent to an activating group) is 1. The zero-order valence-electron chi connectivity index (χ0n) is 12.7. The second kappa shape index (κ2) is 8.14. The number of pyridine rings is 1. The van der Waals surface area contributed by atoms with E-state index < -0.39 is 0 Å². The van der Waals surface area contributed by atoms with Gasteiger partial charge in [0, 0.05) is 30.2 Å². The van der Waals surface area contributed by atoms with Crippen LogP contribution >= 0.6 is 12.2 Å². The Bertz CT molecular complexity index is 463. The first kappa shape index (κ1) is 16.8. The molecule has 0 radical (unpaired) electrons. The number of hydrogen-bond donors (Lipinski definition) is 2. The third-order valence-electron chi connectivity index (χ3n) is 2.82. The van der Waals surface area contributed by atoms with Gasteiger partial charge in [-0.25, -0.2) is 0 Å². The lowest BCUT2D eigenvalue weighted by atomic mass is 10.1. The topological polar surface area (TPSA) is 63.4 Å². The van der Waals surface area contributed by atoms with Gasteiger partial charge in [0.25, 0.3) is 0 Å². The summed E-state index contributed by atoms with van der Waals surface area (Å²) in [4.78, 5) is 6.85. The largest absolute Gasteiger partial charge is 0.389 e. The first-order valence-electron chi connectivity index (χ1n) is 6.66. The van der Waals surface area contributed by atoms with E-state index in [1.807, 2.05) is 34.0 Å². The molecule has 20 heavy (non-hydrogen) atoms. The van der Waals surface area contributed by atoms with Gasteiger partial charge in [0.05, 0.1) is 18.8 Å². The van der Waals surface area contributed by atoms with Crippen LogP contribution in [0.2, 0.25) is 0 Å². The Morgan fingerprint density at radius 1 is 1.40 bits per heavy atom. The van der Waals surface area contributed by atoms with Crippen LogP contribution in [0, 0.1) is 13.8 Å². The predicted octanol–water partition coefficient (Wildman–Crippen LogP) is 1.32. The summed E-state index contributed by atoms with van der Waals surface area (Å²) in [5, 5.41) is 3.32. The van der Waals surface area contributed by atoms with Crippen molar-refractivity contribution in [2.24, 2.45) is 5.73 Å². The van der Waals surface area contributed by atoms with E-state index in [0.29, 0.717) is 18.1 Å². The molecular formula is C14H24N4OS. The SMILES string of the molecule is Cc1cc(NCCOCCN(C)C)c(C(N)=S)c(C)n1. The molecule has 0 unspecified atom stereocenters. The van der Waals surface area contributed by atoms with Crippen LogP contribution in [0.5, 0.6) is 0 Å². The first-order chi connectivity index (χ1) is 9.41. The molecule has 0 saturated carbocycles. The van der Waals surface area contributed by atoms with E-state index in [1.54, 1.807) is 0 Å². The molecule has 1 heterocycles. The Labute approximate surface area is 126 Å². The lowest BCUT2D eigenvalue weighted by molar-refractivity contribution is 0.126. The van der Waals surface area contributed by atoms with E-state index in [0.717, 1.165) is 35.8 Å². The van der Waals surface area contributed by atoms with Crippen molar-refractivity contribution in [1.82, 2.24) is 9.88 Å². The fourth-order valence-corrected chi connectivity index (χ4v) is 2.14. The number of nitrogens with two attached hydrogens (primary N) is 1. The summed E-state index contributed by atoms with van der Waals surface area (Å²) in [7, 11) is 4.05. The van der Waals surface area contributed by atoms with Crippen LogP contribution in [0.25, 0.3) is 0 Å². The van der Waals surface area contributed by atoms with E-state index in [2.05, 4.69) is 15.2 Å². The molecule has 0 aliphatic heterocycles. The maximum atomic E-state index is 5.77. The summed E-state index contributed by atoms with van der Waals surface area (Å²) in [6.07, 6.45) is 0. The lowest BCUT2D eigenvalue weighted by Crippen LogP contribution is -2.21. The minimum Gasteiger partial charge on any atom is -0.389 e. The summed E-state index contributed by atoms with van der Waals surface area (Å²) in [5.41, 5.74) is 9.31. The third-order valence-corrected chi connectivity index (χ3v) is 3.02. The molecule has 1 aromatic heterocycles. The van der Waals surface area contributed by atoms with E-state index in [-0.39, 0.29) is 0 Å². The molecule has 0 aliphatic rings. The number of hydrogen-bond acceptors (Lipinski definition) is 5. The van der Waals surface area contributed by atoms with Gasteiger partial charge >= 0.3 is 0 Å². The quantitative estimate of drug-likeness (QED) is 0.557. The van der Waals surface area contributed by atoms with Crippen molar-refractivity contribution in [2.75, 3.05) is 45.7 Å². The van der Waals surface area contributed by atoms with Crippen molar-refractivity contribution in [3.8, 4) is 0 Å². The summed E-state index contributed by atoms with van der Waals surface area (Å²) >= 11 is 5.09. The van der Waals surface area contributed by atoms with Gasteiger partial charge in [-0.05, 0) is 34.0 Å². The Balaban J connectivity index is 2.53. The maximum Gasteiger partial charge on any atom is 0.107 e. The van der Waals surface area contributed by atoms with Crippen molar-refractivity contribution in [2.45, 2.75) is 13.8 Å². The van der Waals surface area contributed by atoms with Crippen LogP contribution in [0.1, 0.15) is 17.0 Å². The molecular weight excluding hydrogens is 272 g/mol. The highest BCUT2D eigenvalue weighted by atomic mass is 32.1. The van der Waals surface area contributed by atoms with Crippen LogP contribution in [0.3, 0.4) is 0 Å². The second-order valence-electron chi connectivity index (χ2n) is 4.98. The zero-order valence-corrected chi connectivity index (χ0v) is 13.5. The fourth-order valence-electron chi connectivity index (χ4n) is 1.89. The van der Waals surface area contributed by atoms with Gasteiger partial charge in [-0.3, -0.25) is 4.98 Å². The molecule has 0 fully saturated rings. The predicted molar refractivity (Wildman–Crippen MR) is 87.5 cm³/mol. The monoisotopic (exact) mass is 296 g/mol. The second-order valence-corrected chi connectivity index (χ2v) is 5.42. The average molecular weight is 296 g/mol. The van der Waals surface area contributed by atoms with Crippen molar-refractivity contribution in [1.29, 1.82) is 0 Å². The average Bonchev–Trinajstić information content (AvgIpc) is 2.31. The summed E-state index contributed by atoms with van der Waals surface area (Å²) in [5.74, 6) is 0. The van der Waals surface area contributed by atoms with Crippen molar-refractivity contribution >= 4 is 22.9 Å². The van der Waals surface area contributed by atoms with Gasteiger partial charge < -0.3 is 20.7 Å². The normalized spacial score (nSPS) is 10.8. The van der Waals surface area contributed by atoms with Crippen LogP contribution < -0.4 is 11.1 Å². The van der Waals surface area contributed by atoms with Gasteiger partial charge in [-0.1, -0.05) is 12.2 Å². The Hall–Kier alpha value is -1.24. The summed E-state index contributed by atoms with van der Waals surface area (Å²) in [6, 6.07) is 1.96. The van der Waals surface area contributed by atoms with Gasteiger partial charge in [0.1, 0.15) is 4.99 Å². The number of aromatic nitrogens is 1. The molecule has 0 saturated heterocycles. The molecule has 0 bridgehead atoms. The molecule has 0 amide bonds. The molecule has 5 nitrogen and oxygen atoms in total. The molecule has 0 atom stereocenters. The number of ether oxygens (including phenoxy) is 1. The Morgan fingerprint density at radius 2 is 2.10 bits per heavy atom. The number of rotatable bonds is 8. The van der Waals surface area contributed by atoms with Crippen LogP contribution in [-0.2, 0) is 4.74 Å². The summed E-state index contributed by atoms with van der Waals surface area (Å²) in [6.45, 7) is 6.88. The molecule has 0 aliphatic carbocycles. The van der Waals surface area contributed by atoms with E-state index in [1.165, 1.54) is 0 Å². The number of nitrogens with one attached hydrogen (secondary N) is 1. The first-order valence-corrected chi connectivity index (χ1v) is 7.07. The van der Waals surface area contributed by atoms with Crippen molar-refractivity contribution < 1.29 is 4.74 Å².